The lowest BCUT2D eigenvalue weighted by molar-refractivity contribution is -0.122. The van der Waals surface area contributed by atoms with Gasteiger partial charge in [0.15, 0.2) is 0 Å². The van der Waals surface area contributed by atoms with E-state index in [4.69, 9.17) is 9.90 Å². The fraction of sp³-hybridized carbons (Fsp3) is 0.261. The van der Waals surface area contributed by atoms with Crippen LogP contribution >= 0.6 is 23.1 Å². The van der Waals surface area contributed by atoms with Gasteiger partial charge in [0.05, 0.1) is 0 Å². The first kappa shape index (κ1) is 27.0. The third-order valence-corrected chi connectivity index (χ3v) is 5.87. The number of nitrogens with one attached hydrogen (secondary N) is 2. The molecule has 3 rings (SSSR count). The van der Waals surface area contributed by atoms with Crippen molar-refractivity contribution < 1.29 is 19.8 Å². The minimum absolute atomic E-state index is 0.207. The highest BCUT2D eigenvalue weighted by atomic mass is 32.2. The Labute approximate surface area is 195 Å². The van der Waals surface area contributed by atoms with Gasteiger partial charge in [-0.1, -0.05) is 42.8 Å². The number of thioether (sulfide) groups is 1. The number of carboxylic acid groups (broad SMARTS) is 1. The molecule has 0 bridgehead atoms. The molecule has 1 aromatic carbocycles. The van der Waals surface area contributed by atoms with Crippen LogP contribution < -0.4 is 10.9 Å². The molecule has 2 aromatic heterocycles. The maximum atomic E-state index is 11.6. The van der Waals surface area contributed by atoms with Gasteiger partial charge < -0.3 is 20.5 Å². The molecule has 32 heavy (non-hydrogen) atoms. The molecule has 0 saturated carbocycles. The molecule has 172 valence electrons. The van der Waals surface area contributed by atoms with Gasteiger partial charge in [0, 0.05) is 28.9 Å². The lowest BCUT2D eigenvalue weighted by Crippen LogP contribution is -2.29. The average molecular weight is 477 g/mol. The smallest absolute Gasteiger partial charge is 0.290 e. The van der Waals surface area contributed by atoms with Crippen LogP contribution in [0, 0.1) is 6.92 Å². The van der Waals surface area contributed by atoms with E-state index in [2.05, 4.69) is 59.0 Å². The molecule has 0 radical (unpaired) electrons. The highest BCUT2D eigenvalue weighted by Crippen LogP contribution is 2.24. The van der Waals surface area contributed by atoms with Crippen LogP contribution in [-0.2, 0) is 10.5 Å². The van der Waals surface area contributed by atoms with Crippen molar-refractivity contribution in [3.63, 3.8) is 0 Å². The molecule has 0 saturated heterocycles. The predicted octanol–water partition coefficient (Wildman–Crippen LogP) is 4.51. The van der Waals surface area contributed by atoms with Gasteiger partial charge in [0.1, 0.15) is 11.3 Å². The highest BCUT2D eigenvalue weighted by Gasteiger charge is 2.18. The van der Waals surface area contributed by atoms with Crippen molar-refractivity contribution in [1.82, 2.24) is 10.3 Å². The molecule has 4 N–H and O–H groups in total. The number of amides is 1. The van der Waals surface area contributed by atoms with Crippen molar-refractivity contribution >= 4 is 35.5 Å². The molecule has 0 fully saturated rings. The number of aromatic hydroxyl groups is 1. The van der Waals surface area contributed by atoms with Crippen LogP contribution in [0.15, 0.2) is 52.8 Å². The third-order valence-electron chi connectivity index (χ3n) is 4.03. The van der Waals surface area contributed by atoms with Gasteiger partial charge in [0.2, 0.25) is 0 Å². The number of rotatable bonds is 6. The van der Waals surface area contributed by atoms with Crippen LogP contribution in [0.5, 0.6) is 5.75 Å². The van der Waals surface area contributed by atoms with Crippen LogP contribution in [0.25, 0.3) is 10.4 Å². The molecular formula is C23H28N2O5S2. The summed E-state index contributed by atoms with van der Waals surface area (Å²) in [5.74, 6) is 0.691. The first-order chi connectivity index (χ1) is 15.4. The second-order valence-corrected chi connectivity index (χ2v) is 8.53. The number of aryl methyl sites for hydroxylation is 1. The van der Waals surface area contributed by atoms with E-state index in [0.29, 0.717) is 17.9 Å². The molecule has 3 aromatic rings. The molecule has 9 heteroatoms. The summed E-state index contributed by atoms with van der Waals surface area (Å²) < 4.78 is 0. The lowest BCUT2D eigenvalue weighted by Gasteiger charge is -2.08. The van der Waals surface area contributed by atoms with Crippen molar-refractivity contribution in [3.8, 4) is 16.2 Å². The van der Waals surface area contributed by atoms with Crippen molar-refractivity contribution in [1.29, 1.82) is 0 Å². The van der Waals surface area contributed by atoms with Gasteiger partial charge in [-0.2, -0.15) is 11.8 Å². The molecular weight excluding hydrogens is 448 g/mol. The number of benzene rings is 1. The highest BCUT2D eigenvalue weighted by molar-refractivity contribution is 7.98. The summed E-state index contributed by atoms with van der Waals surface area (Å²) in [6, 6.07) is 12.9. The van der Waals surface area contributed by atoms with E-state index >= 15 is 0 Å². The Morgan fingerprint density at radius 1 is 1.22 bits per heavy atom. The zero-order valence-electron chi connectivity index (χ0n) is 18.3. The van der Waals surface area contributed by atoms with E-state index in [0.717, 1.165) is 5.75 Å². The first-order valence-corrected chi connectivity index (χ1v) is 11.9. The number of aromatic amines is 1. The summed E-state index contributed by atoms with van der Waals surface area (Å²) in [5, 5.41) is 21.4. The molecule has 0 aliphatic carbocycles. The van der Waals surface area contributed by atoms with E-state index in [1.165, 1.54) is 22.2 Å². The first-order valence-electron chi connectivity index (χ1n) is 9.87. The van der Waals surface area contributed by atoms with Gasteiger partial charge in [-0.05, 0) is 36.6 Å². The van der Waals surface area contributed by atoms with Crippen molar-refractivity contribution in [2.75, 3.05) is 12.3 Å². The number of carbonyl (C=O) groups is 2. The normalized spacial score (nSPS) is 9.59. The number of hydrogen-bond acceptors (Lipinski definition) is 6. The number of aromatic nitrogens is 1. The number of thiophene rings is 1. The van der Waals surface area contributed by atoms with Gasteiger partial charge in [-0.25, -0.2) is 0 Å². The number of hydrogen-bond donors (Lipinski definition) is 4. The monoisotopic (exact) mass is 476 g/mol. The van der Waals surface area contributed by atoms with Crippen LogP contribution in [0.3, 0.4) is 0 Å². The SMILES string of the molecule is CCNC(=O)c1c(O)c(CSCC)c[nH]c1=O.Cc1ccc(-c2cccs2)cc1.O=CO. The minimum atomic E-state index is -0.571. The molecule has 0 aliphatic rings. The number of H-pyrrole nitrogens is 1. The Morgan fingerprint density at radius 2 is 1.88 bits per heavy atom. The maximum absolute atomic E-state index is 11.6. The Morgan fingerprint density at radius 3 is 2.41 bits per heavy atom. The van der Waals surface area contributed by atoms with Crippen molar-refractivity contribution in [3.05, 3.63) is 75.0 Å². The predicted molar refractivity (Wildman–Crippen MR) is 132 cm³/mol. The third kappa shape index (κ3) is 8.60. The Bertz CT molecular complexity index is 1020. The van der Waals surface area contributed by atoms with Crippen LogP contribution in [-0.4, -0.2) is 39.9 Å². The topological polar surface area (TPSA) is 119 Å². The average Bonchev–Trinajstić information content (AvgIpc) is 3.30. The van der Waals surface area contributed by atoms with E-state index in [-0.39, 0.29) is 17.8 Å². The number of carbonyl (C=O) groups excluding carboxylic acids is 1. The van der Waals surface area contributed by atoms with Gasteiger partial charge in [-0.15, -0.1) is 11.3 Å². The van der Waals surface area contributed by atoms with E-state index < -0.39 is 11.5 Å². The van der Waals surface area contributed by atoms with Crippen LogP contribution in [0.4, 0.5) is 0 Å². The molecule has 0 atom stereocenters. The second kappa shape index (κ2) is 14.9. The summed E-state index contributed by atoms with van der Waals surface area (Å²) in [7, 11) is 0. The summed E-state index contributed by atoms with van der Waals surface area (Å²) in [4.78, 5) is 35.3. The maximum Gasteiger partial charge on any atom is 0.290 e. The van der Waals surface area contributed by atoms with Crippen LogP contribution in [0.1, 0.15) is 35.3 Å². The Balaban J connectivity index is 0.000000296. The van der Waals surface area contributed by atoms with Gasteiger partial charge in [-0.3, -0.25) is 14.4 Å². The molecule has 1 amide bonds. The standard InChI is InChI=1S/C11H16N2O3S.C11H10S.CH2O2/c1-3-12-10(15)8-9(14)7(6-17-4-2)5-13-11(8)16;1-9-4-6-10(7-5-9)11-3-2-8-12-11;2-1-3/h5H,3-4,6H2,1-2H3,(H,12,15)(H2,13,14,16);2-8H,1H3;1H,(H,2,3). The fourth-order valence-corrected chi connectivity index (χ4v) is 3.88. The molecule has 7 nitrogen and oxygen atoms in total. The lowest BCUT2D eigenvalue weighted by atomic mass is 10.1. The summed E-state index contributed by atoms with van der Waals surface area (Å²) >= 11 is 3.38. The minimum Gasteiger partial charge on any atom is -0.507 e. The zero-order chi connectivity index (χ0) is 23.9. The van der Waals surface area contributed by atoms with E-state index in [1.54, 1.807) is 30.0 Å². The molecule has 0 spiro atoms. The quantitative estimate of drug-likeness (QED) is 0.389. The second-order valence-electron chi connectivity index (χ2n) is 6.31. The molecule has 0 unspecified atom stereocenters. The summed E-state index contributed by atoms with van der Waals surface area (Å²) in [6.45, 7) is 6.02. The summed E-state index contributed by atoms with van der Waals surface area (Å²) in [5.41, 5.74) is 2.42. The van der Waals surface area contributed by atoms with E-state index in [9.17, 15) is 14.7 Å². The zero-order valence-corrected chi connectivity index (χ0v) is 19.9. The Hall–Kier alpha value is -3.04. The fourth-order valence-electron chi connectivity index (χ4n) is 2.50. The molecule has 2 heterocycles. The summed E-state index contributed by atoms with van der Waals surface area (Å²) in [6.07, 6.45) is 1.45. The van der Waals surface area contributed by atoms with Crippen LogP contribution in [0.2, 0.25) is 0 Å². The van der Waals surface area contributed by atoms with Crippen molar-refractivity contribution in [2.45, 2.75) is 26.5 Å². The Kier molecular flexibility index (Phi) is 12.5. The number of pyridine rings is 1. The van der Waals surface area contributed by atoms with Crippen molar-refractivity contribution in [2.24, 2.45) is 0 Å². The molecule has 0 aliphatic heterocycles. The largest absolute Gasteiger partial charge is 0.507 e. The van der Waals surface area contributed by atoms with Gasteiger partial charge >= 0.3 is 0 Å². The van der Waals surface area contributed by atoms with Gasteiger partial charge in [0.25, 0.3) is 17.9 Å². The van der Waals surface area contributed by atoms with E-state index in [1.807, 2.05) is 6.92 Å².